The number of para-hydroxylation sites is 2. The summed E-state index contributed by atoms with van der Waals surface area (Å²) >= 11 is 0. The number of nitrogens with zero attached hydrogens (tertiary/aromatic N) is 3. The number of benzene rings is 2. The fraction of sp³-hybridized carbons (Fsp3) is 0.609. The van der Waals surface area contributed by atoms with Crippen LogP contribution >= 0.6 is 0 Å². The zero-order valence-electron chi connectivity index (χ0n) is 34.8. The summed E-state index contributed by atoms with van der Waals surface area (Å²) in [6.45, 7) is 1.05. The standard InChI is InChI=1S/C46H63N7O7/c47-45(48)49-34-22-19-31(20-23-34)25-38(41(54)43-51-36-17-9-10-18-40(36)60-43)50-42(55)39-26-35(58-28-32-13-5-2-6-14-32)27-53(39)44(56)37(24-21-30-11-3-1-4-12-30)52-46(57)59-29-33-15-7-8-16-33/h1,3-4,9-12,17-18,31-35,37-39H,2,5-8,13-16,19-29H2,(H,50,55)(H,52,57)(H4,47,48,49)/t31?,34?,35-,37-,38+,39+/m1/s1. The van der Waals surface area contributed by atoms with Crippen molar-refractivity contribution in [2.24, 2.45) is 34.2 Å². The fourth-order valence-electron chi connectivity index (χ4n) is 9.68. The fourth-order valence-corrected chi connectivity index (χ4v) is 9.68. The number of likely N-dealkylation sites (tertiary alicyclic amines) is 1. The minimum absolute atomic E-state index is 0.0130. The van der Waals surface area contributed by atoms with Crippen LogP contribution in [0.2, 0.25) is 0 Å². The molecule has 14 nitrogen and oxygen atoms in total. The van der Waals surface area contributed by atoms with E-state index >= 15 is 0 Å². The van der Waals surface area contributed by atoms with Crippen molar-refractivity contribution in [2.45, 2.75) is 139 Å². The molecular weight excluding hydrogens is 763 g/mol. The lowest BCUT2D eigenvalue weighted by Crippen LogP contribution is -2.55. The monoisotopic (exact) mass is 825 g/mol. The van der Waals surface area contributed by atoms with Crippen LogP contribution in [0.4, 0.5) is 4.79 Å². The third-order valence-electron chi connectivity index (χ3n) is 13.1. The molecule has 3 aliphatic carbocycles. The second kappa shape index (κ2) is 21.0. The highest BCUT2D eigenvalue weighted by Gasteiger charge is 2.44. The van der Waals surface area contributed by atoms with Crippen LogP contribution in [0.3, 0.4) is 0 Å². The minimum atomic E-state index is -0.966. The SMILES string of the molecule is NC(N)=NC1CCC(C[C@H](NC(=O)[C@@H]2C[C@@H](OCC3CCCCC3)CN2C(=O)[C@@H](CCc2ccccc2)NC(=O)OCC2CCCC2)C(=O)c2nc3ccccc3o2)CC1. The Balaban J connectivity index is 1.11. The Labute approximate surface area is 353 Å². The number of hydrogen-bond acceptors (Lipinski definition) is 9. The average molecular weight is 826 g/mol. The number of hydrogen-bond donors (Lipinski definition) is 4. The first-order valence-corrected chi connectivity index (χ1v) is 22.4. The highest BCUT2D eigenvalue weighted by molar-refractivity contribution is 6.01. The van der Waals surface area contributed by atoms with Gasteiger partial charge in [0.1, 0.15) is 17.6 Å². The number of nitrogens with one attached hydrogen (secondary N) is 2. The van der Waals surface area contributed by atoms with Crippen molar-refractivity contribution >= 4 is 40.8 Å². The molecule has 14 heteroatoms. The van der Waals surface area contributed by atoms with Crippen molar-refractivity contribution in [3.8, 4) is 0 Å². The van der Waals surface area contributed by atoms with Crippen LogP contribution in [0.1, 0.15) is 119 Å². The van der Waals surface area contributed by atoms with Gasteiger partial charge in [-0.1, -0.05) is 74.6 Å². The lowest BCUT2D eigenvalue weighted by Gasteiger charge is -2.31. The summed E-state index contributed by atoms with van der Waals surface area (Å²) in [5.74, 6) is -0.431. The number of fused-ring (bicyclic) bond motifs is 1. The van der Waals surface area contributed by atoms with Gasteiger partial charge in [0.2, 0.25) is 17.6 Å². The van der Waals surface area contributed by atoms with Crippen molar-refractivity contribution in [2.75, 3.05) is 19.8 Å². The van der Waals surface area contributed by atoms with Crippen LogP contribution in [0.15, 0.2) is 64.0 Å². The van der Waals surface area contributed by atoms with Gasteiger partial charge in [0.15, 0.2) is 11.5 Å². The molecule has 4 aliphatic rings. The third kappa shape index (κ3) is 11.9. The number of ketones is 1. The third-order valence-corrected chi connectivity index (χ3v) is 13.1. The van der Waals surface area contributed by atoms with Crippen molar-refractivity contribution < 1.29 is 33.1 Å². The number of guanidine groups is 1. The predicted octanol–water partition coefficient (Wildman–Crippen LogP) is 6.20. The Morgan fingerprint density at radius 1 is 0.800 bits per heavy atom. The number of aryl methyl sites for hydroxylation is 1. The topological polar surface area (TPSA) is 204 Å². The normalized spacial score (nSPS) is 23.5. The van der Waals surface area contributed by atoms with Gasteiger partial charge in [-0.3, -0.25) is 19.4 Å². The number of nitrogens with two attached hydrogens (primary N) is 2. The van der Waals surface area contributed by atoms with Gasteiger partial charge >= 0.3 is 6.09 Å². The van der Waals surface area contributed by atoms with Gasteiger partial charge in [0, 0.05) is 19.6 Å². The van der Waals surface area contributed by atoms with E-state index in [1.807, 2.05) is 42.5 Å². The van der Waals surface area contributed by atoms with E-state index in [1.54, 1.807) is 17.0 Å². The van der Waals surface area contributed by atoms with E-state index in [1.165, 1.54) is 19.3 Å². The lowest BCUT2D eigenvalue weighted by atomic mass is 9.81. The van der Waals surface area contributed by atoms with E-state index in [-0.39, 0.29) is 42.7 Å². The van der Waals surface area contributed by atoms with Gasteiger partial charge < -0.3 is 40.9 Å². The van der Waals surface area contributed by atoms with Gasteiger partial charge in [-0.25, -0.2) is 9.78 Å². The molecular formula is C46H63N7O7. The Bertz CT molecular complexity index is 1880. The molecule has 0 unspecified atom stereocenters. The maximum atomic E-state index is 14.8. The van der Waals surface area contributed by atoms with Gasteiger partial charge in [-0.15, -0.1) is 0 Å². The maximum absolute atomic E-state index is 14.8. The minimum Gasteiger partial charge on any atom is -0.449 e. The van der Waals surface area contributed by atoms with Crippen LogP contribution in [-0.2, 0) is 25.5 Å². The molecule has 4 fully saturated rings. The molecule has 2 aromatic carbocycles. The molecule has 0 bridgehead atoms. The molecule has 3 aromatic rings. The summed E-state index contributed by atoms with van der Waals surface area (Å²) in [5, 5.41) is 5.96. The van der Waals surface area contributed by atoms with E-state index < -0.39 is 42.0 Å². The molecule has 1 aliphatic heterocycles. The predicted molar refractivity (Wildman–Crippen MR) is 228 cm³/mol. The van der Waals surface area contributed by atoms with E-state index in [9.17, 15) is 19.2 Å². The zero-order chi connectivity index (χ0) is 41.8. The number of rotatable bonds is 17. The van der Waals surface area contributed by atoms with Gasteiger partial charge in [0.05, 0.1) is 24.8 Å². The summed E-state index contributed by atoms with van der Waals surface area (Å²) in [4.78, 5) is 67.5. The van der Waals surface area contributed by atoms with E-state index in [2.05, 4.69) is 20.6 Å². The van der Waals surface area contributed by atoms with Gasteiger partial charge in [-0.05, 0) is 106 Å². The molecule has 3 amide bonds. The van der Waals surface area contributed by atoms with Crippen molar-refractivity contribution in [1.29, 1.82) is 0 Å². The molecule has 6 N–H and O–H groups in total. The van der Waals surface area contributed by atoms with E-state index in [4.69, 9.17) is 25.4 Å². The number of aliphatic imine (C=N–C) groups is 1. The molecule has 1 aromatic heterocycles. The number of ether oxygens (including phenoxy) is 2. The van der Waals surface area contributed by atoms with E-state index in [0.29, 0.717) is 55.4 Å². The van der Waals surface area contributed by atoms with Crippen molar-refractivity contribution in [1.82, 2.24) is 20.5 Å². The first-order chi connectivity index (χ1) is 29.2. The highest BCUT2D eigenvalue weighted by Crippen LogP contribution is 2.32. The summed E-state index contributed by atoms with van der Waals surface area (Å²) in [6.07, 6.45) is 13.5. The maximum Gasteiger partial charge on any atom is 0.407 e. The first-order valence-electron chi connectivity index (χ1n) is 22.4. The summed E-state index contributed by atoms with van der Waals surface area (Å²) in [5.41, 5.74) is 13.4. The molecule has 3 saturated carbocycles. The number of oxazole rings is 1. The zero-order valence-corrected chi connectivity index (χ0v) is 34.8. The molecule has 4 atom stereocenters. The van der Waals surface area contributed by atoms with Crippen LogP contribution < -0.4 is 22.1 Å². The van der Waals surface area contributed by atoms with Gasteiger partial charge in [0.25, 0.3) is 5.89 Å². The largest absolute Gasteiger partial charge is 0.449 e. The van der Waals surface area contributed by atoms with E-state index in [0.717, 1.165) is 69.8 Å². The van der Waals surface area contributed by atoms with Crippen molar-refractivity contribution in [3.05, 3.63) is 66.1 Å². The molecule has 1 saturated heterocycles. The van der Waals surface area contributed by atoms with Crippen molar-refractivity contribution in [3.63, 3.8) is 0 Å². The Morgan fingerprint density at radius 2 is 1.48 bits per heavy atom. The lowest BCUT2D eigenvalue weighted by molar-refractivity contribution is -0.140. The summed E-state index contributed by atoms with van der Waals surface area (Å²) < 4.78 is 18.1. The number of aromatic nitrogens is 1. The quantitative estimate of drug-likeness (QED) is 0.0689. The molecule has 0 radical (unpaired) electrons. The summed E-state index contributed by atoms with van der Waals surface area (Å²) in [7, 11) is 0. The van der Waals surface area contributed by atoms with Crippen LogP contribution in [-0.4, -0.2) is 89.6 Å². The number of carbonyl (C=O) groups excluding carboxylic acids is 4. The highest BCUT2D eigenvalue weighted by atomic mass is 16.5. The smallest absolute Gasteiger partial charge is 0.407 e. The van der Waals surface area contributed by atoms with Crippen LogP contribution in [0, 0.1) is 17.8 Å². The number of Topliss-reactive ketones (excluding diaryl/α,β-unsaturated/α-hetero) is 1. The second-order valence-electron chi connectivity index (χ2n) is 17.5. The molecule has 0 spiro atoms. The average Bonchev–Trinajstić information content (AvgIpc) is 4.05. The number of carbonyl (C=O) groups is 4. The molecule has 324 valence electrons. The molecule has 2 heterocycles. The number of alkyl carbamates (subject to hydrolysis) is 1. The second-order valence-corrected chi connectivity index (χ2v) is 17.5. The molecule has 7 rings (SSSR count). The van der Waals surface area contributed by atoms with Gasteiger partial charge in [-0.2, -0.15) is 0 Å². The van der Waals surface area contributed by atoms with Crippen LogP contribution in [0.25, 0.3) is 11.1 Å². The Kier molecular flexibility index (Phi) is 15.1. The van der Waals surface area contributed by atoms with Crippen LogP contribution in [0.5, 0.6) is 0 Å². The molecule has 60 heavy (non-hydrogen) atoms. The Hall–Kier alpha value is -4.98. The number of amides is 3. The summed E-state index contributed by atoms with van der Waals surface area (Å²) in [6, 6.07) is 14.1. The Morgan fingerprint density at radius 3 is 2.20 bits per heavy atom. The first kappa shape index (κ1) is 43.1.